The summed E-state index contributed by atoms with van der Waals surface area (Å²) in [5.74, 6) is 2.38. The minimum Gasteiger partial charge on any atom is -0.468 e. The molecule has 1 aliphatic rings. The molecule has 134 valence electrons. The van der Waals surface area contributed by atoms with Crippen molar-refractivity contribution in [2.24, 2.45) is 0 Å². The highest BCUT2D eigenvalue weighted by atomic mass is 32.2. The van der Waals surface area contributed by atoms with E-state index in [0.29, 0.717) is 12.3 Å². The molecule has 25 heavy (non-hydrogen) atoms. The molecule has 4 nitrogen and oxygen atoms in total. The van der Waals surface area contributed by atoms with Gasteiger partial charge in [-0.15, -0.1) is 11.8 Å². The number of likely N-dealkylation sites (tertiary alicyclic amines) is 1. The first-order valence-electron chi connectivity index (χ1n) is 8.90. The van der Waals surface area contributed by atoms with E-state index in [0.717, 1.165) is 24.6 Å². The van der Waals surface area contributed by atoms with Crippen LogP contribution in [0.5, 0.6) is 0 Å². The van der Waals surface area contributed by atoms with E-state index in [1.54, 1.807) is 18.0 Å². The Morgan fingerprint density at radius 1 is 1.24 bits per heavy atom. The van der Waals surface area contributed by atoms with Crippen molar-refractivity contribution in [1.29, 1.82) is 0 Å². The first kappa shape index (κ1) is 18.1. The summed E-state index contributed by atoms with van der Waals surface area (Å²) in [6.45, 7) is 4.84. The number of nitrogens with one attached hydrogen (secondary N) is 1. The predicted molar refractivity (Wildman–Crippen MR) is 103 cm³/mol. The van der Waals surface area contributed by atoms with Gasteiger partial charge in [-0.2, -0.15) is 0 Å². The van der Waals surface area contributed by atoms with Gasteiger partial charge in [0.25, 0.3) is 0 Å². The third kappa shape index (κ3) is 5.38. The monoisotopic (exact) mass is 358 g/mol. The number of benzene rings is 1. The van der Waals surface area contributed by atoms with Crippen LogP contribution in [0, 0.1) is 6.92 Å². The molecule has 1 unspecified atom stereocenters. The first-order valence-corrected chi connectivity index (χ1v) is 10.1. The number of rotatable bonds is 8. The minimum absolute atomic E-state index is 0.0906. The highest BCUT2D eigenvalue weighted by molar-refractivity contribution is 7.99. The van der Waals surface area contributed by atoms with Gasteiger partial charge in [0.2, 0.25) is 5.91 Å². The number of furan rings is 1. The minimum atomic E-state index is 0.0906. The molecule has 1 aromatic heterocycles. The third-order valence-corrected chi connectivity index (χ3v) is 5.57. The van der Waals surface area contributed by atoms with Gasteiger partial charge < -0.3 is 9.73 Å². The molecule has 2 aromatic rings. The maximum atomic E-state index is 12.2. The Morgan fingerprint density at radius 2 is 2.00 bits per heavy atom. The van der Waals surface area contributed by atoms with Gasteiger partial charge >= 0.3 is 0 Å². The van der Waals surface area contributed by atoms with E-state index in [2.05, 4.69) is 41.4 Å². The van der Waals surface area contributed by atoms with Gasteiger partial charge in [0.1, 0.15) is 5.76 Å². The van der Waals surface area contributed by atoms with Crippen molar-refractivity contribution < 1.29 is 9.21 Å². The van der Waals surface area contributed by atoms with Crippen LogP contribution >= 0.6 is 11.8 Å². The average molecular weight is 359 g/mol. The molecular formula is C20H26N2O2S. The van der Waals surface area contributed by atoms with Crippen molar-refractivity contribution in [2.75, 3.05) is 25.4 Å². The molecule has 1 fully saturated rings. The van der Waals surface area contributed by atoms with E-state index < -0.39 is 0 Å². The summed E-state index contributed by atoms with van der Waals surface area (Å²) in [7, 11) is 0. The van der Waals surface area contributed by atoms with Crippen LogP contribution in [0.3, 0.4) is 0 Å². The highest BCUT2D eigenvalue weighted by Gasteiger charge is 2.25. The SMILES string of the molecule is Cc1ccc(CSCC(=O)NCC(c2ccco2)N2CCCC2)cc1. The third-order valence-electron chi connectivity index (χ3n) is 4.57. The number of hydrogen-bond donors (Lipinski definition) is 1. The van der Waals surface area contributed by atoms with Crippen LogP contribution in [0.2, 0.25) is 0 Å². The average Bonchev–Trinajstić information content (AvgIpc) is 3.31. The normalized spacial score (nSPS) is 16.0. The van der Waals surface area contributed by atoms with Crippen LogP contribution in [0.4, 0.5) is 0 Å². The molecule has 5 heteroatoms. The van der Waals surface area contributed by atoms with E-state index in [9.17, 15) is 4.79 Å². The Labute approximate surface area is 154 Å². The Balaban J connectivity index is 1.44. The lowest BCUT2D eigenvalue weighted by Crippen LogP contribution is -2.37. The summed E-state index contributed by atoms with van der Waals surface area (Å²) >= 11 is 1.65. The Bertz CT molecular complexity index is 649. The molecule has 0 radical (unpaired) electrons. The van der Waals surface area contributed by atoms with Crippen LogP contribution in [0.15, 0.2) is 47.1 Å². The zero-order valence-electron chi connectivity index (χ0n) is 14.7. The predicted octanol–water partition coefficient (Wildman–Crippen LogP) is 3.77. The van der Waals surface area contributed by atoms with Crippen LogP contribution in [0.25, 0.3) is 0 Å². The summed E-state index contributed by atoms with van der Waals surface area (Å²) in [6, 6.07) is 12.5. The number of carbonyl (C=O) groups excluding carboxylic acids is 1. The Morgan fingerprint density at radius 3 is 2.68 bits per heavy atom. The van der Waals surface area contributed by atoms with Crippen molar-refractivity contribution in [3.05, 3.63) is 59.5 Å². The van der Waals surface area contributed by atoms with Gasteiger partial charge in [-0.1, -0.05) is 29.8 Å². The molecule has 1 atom stereocenters. The first-order chi connectivity index (χ1) is 12.2. The van der Waals surface area contributed by atoms with Crippen molar-refractivity contribution in [2.45, 2.75) is 31.6 Å². The Hall–Kier alpha value is -1.72. The van der Waals surface area contributed by atoms with Gasteiger partial charge in [-0.3, -0.25) is 9.69 Å². The molecule has 1 aliphatic heterocycles. The van der Waals surface area contributed by atoms with Gasteiger partial charge in [0.15, 0.2) is 0 Å². The number of nitrogens with zero attached hydrogens (tertiary/aromatic N) is 1. The molecule has 1 aromatic carbocycles. The van der Waals surface area contributed by atoms with Crippen molar-refractivity contribution in [1.82, 2.24) is 10.2 Å². The maximum absolute atomic E-state index is 12.2. The quantitative estimate of drug-likeness (QED) is 0.780. The zero-order valence-corrected chi connectivity index (χ0v) is 15.6. The van der Waals surface area contributed by atoms with E-state index in [1.807, 2.05) is 12.1 Å². The molecule has 0 bridgehead atoms. The molecule has 1 amide bonds. The van der Waals surface area contributed by atoms with Gasteiger partial charge in [0, 0.05) is 12.3 Å². The van der Waals surface area contributed by atoms with Crippen LogP contribution in [-0.4, -0.2) is 36.2 Å². The topological polar surface area (TPSA) is 45.5 Å². The second-order valence-electron chi connectivity index (χ2n) is 6.56. The van der Waals surface area contributed by atoms with Gasteiger partial charge in [-0.05, 0) is 50.6 Å². The van der Waals surface area contributed by atoms with Crippen LogP contribution in [0.1, 0.15) is 35.8 Å². The van der Waals surface area contributed by atoms with Crippen molar-refractivity contribution in [3.8, 4) is 0 Å². The number of hydrogen-bond acceptors (Lipinski definition) is 4. The van der Waals surface area contributed by atoms with Gasteiger partial charge in [0.05, 0.1) is 18.1 Å². The summed E-state index contributed by atoms with van der Waals surface area (Å²) in [6.07, 6.45) is 4.15. The summed E-state index contributed by atoms with van der Waals surface area (Å²) in [5, 5.41) is 3.08. The molecule has 2 heterocycles. The largest absolute Gasteiger partial charge is 0.468 e. The van der Waals surface area contributed by atoms with Crippen molar-refractivity contribution in [3.63, 3.8) is 0 Å². The second kappa shape index (κ2) is 9.11. The molecule has 3 rings (SSSR count). The number of carbonyl (C=O) groups is 1. The highest BCUT2D eigenvalue weighted by Crippen LogP contribution is 2.25. The Kier molecular flexibility index (Phi) is 6.59. The van der Waals surface area contributed by atoms with Crippen LogP contribution < -0.4 is 5.32 Å². The molecular weight excluding hydrogens is 332 g/mol. The van der Waals surface area contributed by atoms with Crippen LogP contribution in [-0.2, 0) is 10.5 Å². The molecule has 0 aliphatic carbocycles. The molecule has 1 saturated heterocycles. The number of thioether (sulfide) groups is 1. The lowest BCUT2D eigenvalue weighted by molar-refractivity contribution is -0.118. The fraction of sp³-hybridized carbons (Fsp3) is 0.450. The maximum Gasteiger partial charge on any atom is 0.230 e. The van der Waals surface area contributed by atoms with Crippen molar-refractivity contribution >= 4 is 17.7 Å². The smallest absolute Gasteiger partial charge is 0.230 e. The number of aryl methyl sites for hydroxylation is 1. The van der Waals surface area contributed by atoms with E-state index in [4.69, 9.17) is 4.42 Å². The van der Waals surface area contributed by atoms with Gasteiger partial charge in [-0.25, -0.2) is 0 Å². The van der Waals surface area contributed by atoms with E-state index in [1.165, 1.54) is 24.0 Å². The summed E-state index contributed by atoms with van der Waals surface area (Å²) < 4.78 is 5.59. The molecule has 0 spiro atoms. The summed E-state index contributed by atoms with van der Waals surface area (Å²) in [5.41, 5.74) is 2.52. The standard InChI is InChI=1S/C20H26N2O2S/c1-16-6-8-17(9-7-16)14-25-15-20(23)21-13-18(19-5-4-12-24-19)22-10-2-3-11-22/h4-9,12,18H,2-3,10-11,13-15H2,1H3,(H,21,23). The second-order valence-corrected chi connectivity index (χ2v) is 7.54. The van der Waals surface area contributed by atoms with E-state index in [-0.39, 0.29) is 11.9 Å². The number of amides is 1. The molecule has 1 N–H and O–H groups in total. The fourth-order valence-corrected chi connectivity index (χ4v) is 3.97. The fourth-order valence-electron chi connectivity index (χ4n) is 3.15. The lowest BCUT2D eigenvalue weighted by Gasteiger charge is -2.26. The summed E-state index contributed by atoms with van der Waals surface area (Å²) in [4.78, 5) is 14.6. The molecule has 0 saturated carbocycles. The lowest BCUT2D eigenvalue weighted by atomic mass is 10.2. The van der Waals surface area contributed by atoms with E-state index >= 15 is 0 Å². The zero-order chi connectivity index (χ0) is 17.5.